The van der Waals surface area contributed by atoms with E-state index in [1.165, 1.54) is 96.3 Å². The van der Waals surface area contributed by atoms with Crippen LogP contribution in [0.25, 0.3) is 0 Å². The summed E-state index contributed by atoms with van der Waals surface area (Å²) in [5.41, 5.74) is 0. The summed E-state index contributed by atoms with van der Waals surface area (Å²) in [7, 11) is -4.27. The van der Waals surface area contributed by atoms with Crippen LogP contribution in [0.15, 0.2) is 12.2 Å². The van der Waals surface area contributed by atoms with Crippen molar-refractivity contribution in [2.45, 2.75) is 224 Å². The third kappa shape index (κ3) is 34.4. The Morgan fingerprint density at radius 3 is 1.42 bits per heavy atom. The van der Waals surface area contributed by atoms with Crippen LogP contribution in [0.2, 0.25) is 0 Å². The zero-order chi connectivity index (χ0) is 44.0. The Kier molecular flexibility index (Phi) is 37.7. The van der Waals surface area contributed by atoms with Crippen LogP contribution < -0.4 is 4.89 Å². The van der Waals surface area contributed by atoms with Gasteiger partial charge in [0.2, 0.25) is 0 Å². The first-order valence-electron chi connectivity index (χ1n) is 22.8. The number of hydrogen-bond donors (Lipinski definition) is 4. The van der Waals surface area contributed by atoms with Crippen LogP contribution in [0.1, 0.15) is 194 Å². The quantitative estimate of drug-likeness (QED) is 0.0150. The molecule has 0 fully saturated rings. The molecule has 15 heteroatoms. The van der Waals surface area contributed by atoms with Crippen LogP contribution in [0, 0.1) is 0 Å². The standard InChI is InChI=1S/C44H83O14P/c1-4-6-8-10-12-14-16-18-19-21-23-25-27-29-31-33-40(47)58-37(34-55-39(46)32-30-28-26-24-22-20-17-15-13-11-9-7-5-2)35-56-59(52,53)57-36-38(45)41(48)42(49)43(50)44(51)54-3/h18-19,37-38,41-43,45,48-50H,4-17,20-36H2,1-3H3,(H,52,53)/p-1/b19-18-. The molecule has 6 atom stereocenters. The van der Waals surface area contributed by atoms with Crippen molar-refractivity contribution < 1.29 is 67.5 Å². The lowest BCUT2D eigenvalue weighted by molar-refractivity contribution is -0.232. The zero-order valence-electron chi connectivity index (χ0n) is 36.8. The summed E-state index contributed by atoms with van der Waals surface area (Å²) in [4.78, 5) is 49.1. The Morgan fingerprint density at radius 2 is 0.966 bits per heavy atom. The molecule has 0 aliphatic rings. The summed E-state index contributed by atoms with van der Waals surface area (Å²) in [6.45, 7) is 2.13. The minimum absolute atomic E-state index is 0.0803. The maximum Gasteiger partial charge on any atom is 0.337 e. The number of phosphoric acid groups is 1. The molecule has 348 valence electrons. The van der Waals surface area contributed by atoms with Gasteiger partial charge in [-0.2, -0.15) is 0 Å². The summed E-state index contributed by atoms with van der Waals surface area (Å²) in [5, 5.41) is 39.7. The van der Waals surface area contributed by atoms with Gasteiger partial charge in [0.1, 0.15) is 24.9 Å². The molecular formula is C44H82O14P-. The Balaban J connectivity index is 4.75. The number of phosphoric ester groups is 1. The summed E-state index contributed by atoms with van der Waals surface area (Å²) in [6, 6.07) is 0. The first-order valence-corrected chi connectivity index (χ1v) is 24.2. The number of carbonyl (C=O) groups excluding carboxylic acids is 3. The second-order valence-electron chi connectivity index (χ2n) is 15.7. The first kappa shape index (κ1) is 57.1. The van der Waals surface area contributed by atoms with Crippen molar-refractivity contribution >= 4 is 25.7 Å². The van der Waals surface area contributed by atoms with Gasteiger partial charge in [-0.05, 0) is 38.5 Å². The number of unbranched alkanes of at least 4 members (excludes halogenated alkanes) is 23. The predicted octanol–water partition coefficient (Wildman–Crippen LogP) is 8.08. The predicted molar refractivity (Wildman–Crippen MR) is 226 cm³/mol. The average molecular weight is 866 g/mol. The van der Waals surface area contributed by atoms with Gasteiger partial charge >= 0.3 is 17.9 Å². The van der Waals surface area contributed by atoms with Gasteiger partial charge in [-0.25, -0.2) is 4.79 Å². The van der Waals surface area contributed by atoms with Crippen molar-refractivity contribution in [1.29, 1.82) is 0 Å². The van der Waals surface area contributed by atoms with Crippen molar-refractivity contribution in [2.75, 3.05) is 26.9 Å². The van der Waals surface area contributed by atoms with Crippen LogP contribution in [-0.2, 0) is 42.2 Å². The number of esters is 3. The van der Waals surface area contributed by atoms with Gasteiger partial charge in [0.15, 0.2) is 12.2 Å². The van der Waals surface area contributed by atoms with E-state index >= 15 is 0 Å². The van der Waals surface area contributed by atoms with Crippen molar-refractivity contribution in [3.63, 3.8) is 0 Å². The van der Waals surface area contributed by atoms with E-state index in [-0.39, 0.29) is 12.8 Å². The monoisotopic (exact) mass is 866 g/mol. The average Bonchev–Trinajstić information content (AvgIpc) is 3.22. The highest BCUT2D eigenvalue weighted by atomic mass is 31.2. The molecule has 59 heavy (non-hydrogen) atoms. The minimum Gasteiger partial charge on any atom is -0.756 e. The van der Waals surface area contributed by atoms with Gasteiger partial charge in [-0.1, -0.05) is 154 Å². The lowest BCUT2D eigenvalue weighted by atomic mass is 10.0. The second kappa shape index (κ2) is 39.0. The minimum atomic E-state index is -5.20. The molecule has 4 N–H and O–H groups in total. The molecular weight excluding hydrogens is 783 g/mol. The number of aliphatic hydroxyl groups excluding tert-OH is 4. The van der Waals surface area contributed by atoms with Gasteiger partial charge in [-0.3, -0.25) is 14.2 Å². The molecule has 0 saturated heterocycles. The van der Waals surface area contributed by atoms with E-state index in [2.05, 4.69) is 35.3 Å². The molecule has 14 nitrogen and oxygen atoms in total. The summed E-state index contributed by atoms with van der Waals surface area (Å²) in [6.07, 6.45) is 24.3. The maximum absolute atomic E-state index is 12.7. The topological polar surface area (TPSA) is 218 Å². The van der Waals surface area contributed by atoms with E-state index in [0.29, 0.717) is 12.8 Å². The highest BCUT2D eigenvalue weighted by Crippen LogP contribution is 2.39. The summed E-state index contributed by atoms with van der Waals surface area (Å²) < 4.78 is 37.0. The van der Waals surface area contributed by atoms with Crippen LogP contribution in [0.5, 0.6) is 0 Å². The van der Waals surface area contributed by atoms with E-state index in [9.17, 15) is 44.3 Å². The second-order valence-corrected chi connectivity index (χ2v) is 17.1. The summed E-state index contributed by atoms with van der Waals surface area (Å²) >= 11 is 0. The number of rotatable bonds is 42. The SMILES string of the molecule is CCCCCCCC/C=C\CCCCCCCC(=O)OC(COC(=O)CCCCCCCCCCCCCCC)COP(=O)([O-])OCC(O)C(O)C(O)C(O)C(=O)OC. The number of allylic oxidation sites excluding steroid dienone is 2. The van der Waals surface area contributed by atoms with Crippen molar-refractivity contribution in [1.82, 2.24) is 0 Å². The largest absolute Gasteiger partial charge is 0.756 e. The van der Waals surface area contributed by atoms with Crippen LogP contribution >= 0.6 is 7.82 Å². The normalized spacial score (nSPS) is 15.3. The maximum atomic E-state index is 12.7. The smallest absolute Gasteiger partial charge is 0.337 e. The Hall–Kier alpha value is -1.90. The van der Waals surface area contributed by atoms with E-state index in [0.717, 1.165) is 64.9 Å². The van der Waals surface area contributed by atoms with E-state index in [1.54, 1.807) is 0 Å². The highest BCUT2D eigenvalue weighted by Gasteiger charge is 2.35. The number of ether oxygens (including phenoxy) is 3. The fourth-order valence-electron chi connectivity index (χ4n) is 6.40. The van der Waals surface area contributed by atoms with Crippen LogP contribution in [-0.4, -0.2) is 95.8 Å². The number of aliphatic hydroxyl groups is 4. The molecule has 0 aliphatic carbocycles. The lowest BCUT2D eigenvalue weighted by Crippen LogP contribution is -2.49. The van der Waals surface area contributed by atoms with Gasteiger partial charge in [0, 0.05) is 12.8 Å². The Labute approximate surface area is 355 Å². The fourth-order valence-corrected chi connectivity index (χ4v) is 7.16. The summed E-state index contributed by atoms with van der Waals surface area (Å²) in [5.74, 6) is -2.41. The molecule has 0 aromatic carbocycles. The molecule has 6 unspecified atom stereocenters. The molecule has 0 bridgehead atoms. The van der Waals surface area contributed by atoms with Gasteiger partial charge in [0.05, 0.1) is 20.3 Å². The Morgan fingerprint density at radius 1 is 0.559 bits per heavy atom. The van der Waals surface area contributed by atoms with Crippen LogP contribution in [0.3, 0.4) is 0 Å². The van der Waals surface area contributed by atoms with Crippen LogP contribution in [0.4, 0.5) is 0 Å². The third-order valence-electron chi connectivity index (χ3n) is 10.2. The molecule has 0 heterocycles. The number of carbonyl (C=O) groups is 3. The first-order chi connectivity index (χ1) is 28.4. The van der Waals surface area contributed by atoms with E-state index in [4.69, 9.17) is 14.0 Å². The zero-order valence-corrected chi connectivity index (χ0v) is 37.7. The molecule has 0 radical (unpaired) electrons. The number of hydrogen-bond acceptors (Lipinski definition) is 14. The molecule has 0 amide bonds. The highest BCUT2D eigenvalue weighted by molar-refractivity contribution is 7.45. The fraction of sp³-hybridized carbons (Fsp3) is 0.886. The molecule has 0 saturated carbocycles. The molecule has 0 aromatic rings. The molecule has 0 aromatic heterocycles. The van der Waals surface area contributed by atoms with Crippen molar-refractivity contribution in [3.05, 3.63) is 12.2 Å². The number of methoxy groups -OCH3 is 1. The van der Waals surface area contributed by atoms with Gasteiger partial charge < -0.3 is 48.6 Å². The lowest BCUT2D eigenvalue weighted by Gasteiger charge is -2.29. The molecule has 0 aliphatic heterocycles. The molecule has 0 spiro atoms. The van der Waals surface area contributed by atoms with Gasteiger partial charge in [0.25, 0.3) is 7.82 Å². The van der Waals surface area contributed by atoms with E-state index in [1.807, 2.05) is 0 Å². The van der Waals surface area contributed by atoms with E-state index < -0.39 is 76.1 Å². The van der Waals surface area contributed by atoms with Crippen molar-refractivity contribution in [2.24, 2.45) is 0 Å². The van der Waals surface area contributed by atoms with Crippen molar-refractivity contribution in [3.8, 4) is 0 Å². The van der Waals surface area contributed by atoms with Gasteiger partial charge in [-0.15, -0.1) is 0 Å². The molecule has 0 rings (SSSR count). The Bertz CT molecular complexity index is 1110. The third-order valence-corrected chi connectivity index (χ3v) is 11.1.